The average molecular weight is 402 g/mol. The number of rotatable bonds is 3. The Balaban J connectivity index is 1.74. The molecule has 3 N–H and O–H groups in total. The van der Waals surface area contributed by atoms with Crippen LogP contribution in [0.15, 0.2) is 36.4 Å². The van der Waals surface area contributed by atoms with E-state index in [9.17, 15) is 14.4 Å². The van der Waals surface area contributed by atoms with Crippen molar-refractivity contribution >= 4 is 40.7 Å². The third-order valence-corrected chi connectivity index (χ3v) is 4.73. The van der Waals surface area contributed by atoms with E-state index < -0.39 is 11.9 Å². The predicted octanol–water partition coefficient (Wildman–Crippen LogP) is 1.95. The van der Waals surface area contributed by atoms with Crippen LogP contribution in [0.4, 0.5) is 11.4 Å². The van der Waals surface area contributed by atoms with Gasteiger partial charge in [0.05, 0.1) is 23.8 Å². The van der Waals surface area contributed by atoms with Gasteiger partial charge in [0.25, 0.3) is 11.8 Å². The zero-order valence-electron chi connectivity index (χ0n) is 14.6. The van der Waals surface area contributed by atoms with Crippen molar-refractivity contribution in [2.45, 2.75) is 12.5 Å². The van der Waals surface area contributed by atoms with Crippen LogP contribution in [0.3, 0.4) is 0 Å². The fraction of sp³-hybridized carbons (Fsp3) is 0.211. The number of hydrogen-bond donors (Lipinski definition) is 2. The molecule has 28 heavy (non-hydrogen) atoms. The number of nitrogens with one attached hydrogen (secondary N) is 1. The Labute approximate surface area is 165 Å². The van der Waals surface area contributed by atoms with E-state index in [0.29, 0.717) is 33.5 Å². The van der Waals surface area contributed by atoms with Gasteiger partial charge in [0.15, 0.2) is 6.61 Å². The molecule has 0 unspecified atom stereocenters. The minimum atomic E-state index is -0.569. The van der Waals surface area contributed by atoms with Gasteiger partial charge < -0.3 is 20.5 Å². The molecule has 0 bridgehead atoms. The summed E-state index contributed by atoms with van der Waals surface area (Å²) in [5, 5.41) is 3.14. The number of halogens is 1. The Bertz CT molecular complexity index is 994. The summed E-state index contributed by atoms with van der Waals surface area (Å²) in [6, 6.07) is 9.10. The van der Waals surface area contributed by atoms with Crippen molar-refractivity contribution < 1.29 is 23.9 Å². The van der Waals surface area contributed by atoms with Crippen LogP contribution in [0.1, 0.15) is 16.8 Å². The number of hydrogen-bond acceptors (Lipinski definition) is 5. The van der Waals surface area contributed by atoms with Crippen LogP contribution in [-0.4, -0.2) is 37.0 Å². The molecule has 9 heteroatoms. The van der Waals surface area contributed by atoms with E-state index in [1.54, 1.807) is 36.4 Å². The maximum atomic E-state index is 13.3. The average Bonchev–Trinajstić information content (AvgIpc) is 2.66. The van der Waals surface area contributed by atoms with Crippen molar-refractivity contribution in [1.82, 2.24) is 0 Å². The molecule has 4 rings (SSSR count). The number of benzene rings is 2. The lowest BCUT2D eigenvalue weighted by Gasteiger charge is -2.36. The third kappa shape index (κ3) is 3.34. The van der Waals surface area contributed by atoms with E-state index in [-0.39, 0.29) is 31.4 Å². The summed E-state index contributed by atoms with van der Waals surface area (Å²) < 4.78 is 11.0. The number of nitrogens with zero attached hydrogens (tertiary/aromatic N) is 1. The molecule has 2 aromatic rings. The summed E-state index contributed by atoms with van der Waals surface area (Å²) >= 11 is 6.02. The van der Waals surface area contributed by atoms with E-state index in [1.807, 2.05) is 0 Å². The summed E-state index contributed by atoms with van der Waals surface area (Å²) in [5.74, 6) is -0.277. The molecule has 0 saturated heterocycles. The van der Waals surface area contributed by atoms with Crippen LogP contribution in [0.5, 0.6) is 11.5 Å². The van der Waals surface area contributed by atoms with Gasteiger partial charge in [-0.25, -0.2) is 0 Å². The summed E-state index contributed by atoms with van der Waals surface area (Å²) in [5.41, 5.74) is 6.58. The lowest BCUT2D eigenvalue weighted by atomic mass is 10.0. The second kappa shape index (κ2) is 7.05. The highest BCUT2D eigenvalue weighted by atomic mass is 35.5. The highest BCUT2D eigenvalue weighted by molar-refractivity contribution is 6.31. The molecule has 2 aliphatic rings. The molecule has 2 heterocycles. The summed E-state index contributed by atoms with van der Waals surface area (Å²) in [6.45, 7) is 0.0331. The van der Waals surface area contributed by atoms with Gasteiger partial charge in [-0.15, -0.1) is 0 Å². The lowest BCUT2D eigenvalue weighted by molar-refractivity contribution is -0.119. The van der Waals surface area contributed by atoms with Crippen molar-refractivity contribution in [3.8, 4) is 11.5 Å². The summed E-state index contributed by atoms with van der Waals surface area (Å²) in [6.07, 6.45) is -0.0570. The highest BCUT2D eigenvalue weighted by Gasteiger charge is 2.34. The van der Waals surface area contributed by atoms with Crippen LogP contribution in [0.2, 0.25) is 5.02 Å². The Morgan fingerprint density at radius 1 is 1.18 bits per heavy atom. The molecule has 8 nitrogen and oxygen atoms in total. The molecule has 3 amide bonds. The van der Waals surface area contributed by atoms with Crippen LogP contribution >= 0.6 is 11.6 Å². The number of amides is 3. The van der Waals surface area contributed by atoms with E-state index in [1.165, 1.54) is 4.90 Å². The lowest BCUT2D eigenvalue weighted by Crippen LogP contribution is -2.48. The fourth-order valence-electron chi connectivity index (χ4n) is 3.27. The smallest absolute Gasteiger partial charge is 0.262 e. The van der Waals surface area contributed by atoms with Gasteiger partial charge in [0.2, 0.25) is 5.91 Å². The van der Waals surface area contributed by atoms with Gasteiger partial charge in [-0.1, -0.05) is 11.6 Å². The first-order valence-electron chi connectivity index (χ1n) is 8.53. The molecule has 0 aliphatic carbocycles. The van der Waals surface area contributed by atoms with Gasteiger partial charge in [-0.2, -0.15) is 0 Å². The molecule has 0 fully saturated rings. The SMILES string of the molecule is NC(=O)C[C@@H]1COc2cc(Cl)ccc2N1C(=O)c1ccc2c(c1)NC(=O)CO2. The van der Waals surface area contributed by atoms with Crippen molar-refractivity contribution in [2.75, 3.05) is 23.4 Å². The van der Waals surface area contributed by atoms with E-state index in [4.69, 9.17) is 26.8 Å². The van der Waals surface area contributed by atoms with Crippen LogP contribution in [0, 0.1) is 0 Å². The minimum Gasteiger partial charge on any atom is -0.489 e. The van der Waals surface area contributed by atoms with Crippen LogP contribution in [0.25, 0.3) is 0 Å². The Kier molecular flexibility index (Phi) is 4.56. The zero-order valence-corrected chi connectivity index (χ0v) is 15.4. The van der Waals surface area contributed by atoms with E-state index in [2.05, 4.69) is 5.32 Å². The Morgan fingerprint density at radius 3 is 2.79 bits per heavy atom. The first-order valence-corrected chi connectivity index (χ1v) is 8.91. The first kappa shape index (κ1) is 18.1. The number of carbonyl (C=O) groups excluding carboxylic acids is 3. The molecule has 0 spiro atoms. The summed E-state index contributed by atoms with van der Waals surface area (Å²) in [4.78, 5) is 37.9. The van der Waals surface area contributed by atoms with E-state index >= 15 is 0 Å². The maximum Gasteiger partial charge on any atom is 0.262 e. The minimum absolute atomic E-state index is 0.0570. The molecule has 0 radical (unpaired) electrons. The molecular formula is C19H16ClN3O5. The molecule has 144 valence electrons. The van der Waals surface area contributed by atoms with Gasteiger partial charge >= 0.3 is 0 Å². The third-order valence-electron chi connectivity index (χ3n) is 4.49. The Morgan fingerprint density at radius 2 is 2.00 bits per heavy atom. The van der Waals surface area contributed by atoms with Crippen molar-refractivity contribution in [3.63, 3.8) is 0 Å². The fourth-order valence-corrected chi connectivity index (χ4v) is 3.43. The maximum absolute atomic E-state index is 13.3. The second-order valence-corrected chi connectivity index (χ2v) is 6.91. The molecule has 2 aliphatic heterocycles. The zero-order chi connectivity index (χ0) is 19.8. The monoisotopic (exact) mass is 401 g/mol. The number of ether oxygens (including phenoxy) is 2. The van der Waals surface area contributed by atoms with Crippen LogP contribution < -0.4 is 25.4 Å². The van der Waals surface area contributed by atoms with Crippen molar-refractivity contribution in [3.05, 3.63) is 47.0 Å². The van der Waals surface area contributed by atoms with Crippen LogP contribution in [-0.2, 0) is 9.59 Å². The highest BCUT2D eigenvalue weighted by Crippen LogP contribution is 2.38. The van der Waals surface area contributed by atoms with E-state index in [0.717, 1.165) is 0 Å². The Hall–Kier alpha value is -3.26. The van der Waals surface area contributed by atoms with Gasteiger partial charge in [-0.3, -0.25) is 19.3 Å². The van der Waals surface area contributed by atoms with Gasteiger partial charge in [0.1, 0.15) is 18.1 Å². The molecule has 0 saturated carbocycles. The number of fused-ring (bicyclic) bond motifs is 2. The molecular weight excluding hydrogens is 386 g/mol. The van der Waals surface area contributed by atoms with Gasteiger partial charge in [0, 0.05) is 16.7 Å². The number of anilines is 2. The number of primary amides is 1. The normalized spacial score (nSPS) is 17.5. The van der Waals surface area contributed by atoms with Crippen molar-refractivity contribution in [2.24, 2.45) is 5.73 Å². The predicted molar refractivity (Wildman–Crippen MR) is 102 cm³/mol. The number of carbonyl (C=O) groups is 3. The quantitative estimate of drug-likeness (QED) is 0.816. The van der Waals surface area contributed by atoms with Crippen molar-refractivity contribution in [1.29, 1.82) is 0 Å². The van der Waals surface area contributed by atoms with Gasteiger partial charge in [-0.05, 0) is 30.3 Å². The second-order valence-electron chi connectivity index (χ2n) is 6.47. The standard InChI is InChI=1S/C19H16ClN3O5/c20-11-2-3-14-16(6-11)27-8-12(7-17(21)24)23(14)19(26)10-1-4-15-13(5-10)22-18(25)9-28-15/h1-6,12H,7-9H2,(H2,21,24)(H,22,25)/t12-/m1/s1. The molecule has 1 atom stereocenters. The topological polar surface area (TPSA) is 111 Å². The molecule has 2 aromatic carbocycles. The number of nitrogens with two attached hydrogens (primary N) is 1. The first-order chi connectivity index (χ1) is 13.4. The largest absolute Gasteiger partial charge is 0.489 e. The molecule has 0 aromatic heterocycles. The summed E-state index contributed by atoms with van der Waals surface area (Å²) in [7, 11) is 0.